The van der Waals surface area contributed by atoms with Crippen molar-refractivity contribution in [1.82, 2.24) is 5.32 Å². The molecular weight excluding hydrogens is 241 g/mol. The van der Waals surface area contributed by atoms with Crippen LogP contribution in [0.3, 0.4) is 0 Å². The molecule has 2 unspecified atom stereocenters. The van der Waals surface area contributed by atoms with Gasteiger partial charge < -0.3 is 10.1 Å². The van der Waals surface area contributed by atoms with Gasteiger partial charge in [-0.15, -0.1) is 0 Å². The molecule has 2 atom stereocenters. The molecule has 3 heteroatoms. The van der Waals surface area contributed by atoms with Gasteiger partial charge in [-0.2, -0.15) is 0 Å². The molecule has 1 aromatic rings. The number of nitrogens with one attached hydrogen (secondary N) is 1. The fourth-order valence-electron chi connectivity index (χ4n) is 2.58. The summed E-state index contributed by atoms with van der Waals surface area (Å²) < 4.78 is 19.0. The molecule has 0 saturated heterocycles. The van der Waals surface area contributed by atoms with E-state index in [9.17, 15) is 4.39 Å². The summed E-state index contributed by atoms with van der Waals surface area (Å²) in [5.41, 5.74) is 2.06. The predicted octanol–water partition coefficient (Wildman–Crippen LogP) is 3.85. The van der Waals surface area contributed by atoms with Gasteiger partial charge in [-0.1, -0.05) is 33.8 Å². The summed E-state index contributed by atoms with van der Waals surface area (Å²) in [6.45, 7) is 11.3. The van der Waals surface area contributed by atoms with Gasteiger partial charge in [-0.3, -0.25) is 0 Å². The van der Waals surface area contributed by atoms with Gasteiger partial charge in [0.25, 0.3) is 0 Å². The predicted molar refractivity (Wildman–Crippen MR) is 77.8 cm³/mol. The average molecular weight is 267 g/mol. The van der Waals surface area contributed by atoms with Gasteiger partial charge in [0.2, 0.25) is 0 Å². The number of ether oxygens (including phenoxy) is 1. The van der Waals surface area contributed by atoms with Crippen LogP contribution in [0.4, 0.5) is 4.39 Å². The minimum absolute atomic E-state index is 0.00239. The van der Waals surface area contributed by atoms with E-state index in [0.717, 1.165) is 17.7 Å². The van der Waals surface area contributed by atoms with Gasteiger partial charge in [0.1, 0.15) is 5.82 Å². The highest BCUT2D eigenvalue weighted by molar-refractivity contribution is 5.30. The number of methoxy groups -OCH3 is 1. The smallest absolute Gasteiger partial charge is 0.123 e. The van der Waals surface area contributed by atoms with Gasteiger partial charge in [0, 0.05) is 7.11 Å². The largest absolute Gasteiger partial charge is 0.379 e. The quantitative estimate of drug-likeness (QED) is 0.875. The molecule has 1 N–H and O–H groups in total. The van der Waals surface area contributed by atoms with Crippen molar-refractivity contribution in [1.29, 1.82) is 0 Å². The Bertz CT molecular complexity index is 412. The van der Waals surface area contributed by atoms with Crippen LogP contribution < -0.4 is 5.32 Å². The van der Waals surface area contributed by atoms with Gasteiger partial charge in [0.05, 0.1) is 12.1 Å². The lowest BCUT2D eigenvalue weighted by atomic mass is 9.81. The number of hydrogen-bond acceptors (Lipinski definition) is 2. The van der Waals surface area contributed by atoms with Crippen LogP contribution in [0.25, 0.3) is 0 Å². The number of halogens is 1. The molecule has 2 nitrogen and oxygen atoms in total. The summed E-state index contributed by atoms with van der Waals surface area (Å²) in [5.74, 6) is -0.193. The highest BCUT2D eigenvalue weighted by Crippen LogP contribution is 2.33. The molecule has 1 aromatic carbocycles. The van der Waals surface area contributed by atoms with Crippen LogP contribution in [0.15, 0.2) is 18.2 Å². The summed E-state index contributed by atoms with van der Waals surface area (Å²) in [7, 11) is 1.74. The van der Waals surface area contributed by atoms with E-state index in [1.165, 1.54) is 6.07 Å². The van der Waals surface area contributed by atoms with Crippen molar-refractivity contribution >= 4 is 0 Å². The maximum atomic E-state index is 13.3. The van der Waals surface area contributed by atoms with Crippen LogP contribution in [0.5, 0.6) is 0 Å². The third-order valence-corrected chi connectivity index (χ3v) is 3.40. The Morgan fingerprint density at radius 2 is 1.95 bits per heavy atom. The molecule has 0 radical (unpaired) electrons. The third kappa shape index (κ3) is 4.02. The van der Waals surface area contributed by atoms with Gasteiger partial charge >= 0.3 is 0 Å². The van der Waals surface area contributed by atoms with Crippen molar-refractivity contribution < 1.29 is 9.13 Å². The van der Waals surface area contributed by atoms with Crippen LogP contribution in [0.2, 0.25) is 0 Å². The Balaban J connectivity index is 3.18. The minimum Gasteiger partial charge on any atom is -0.379 e. The molecule has 0 aliphatic rings. The number of hydrogen-bond donors (Lipinski definition) is 1. The van der Waals surface area contributed by atoms with E-state index in [0.29, 0.717) is 0 Å². The Hall–Kier alpha value is -0.930. The lowest BCUT2D eigenvalue weighted by Gasteiger charge is -2.37. The second-order valence-corrected chi connectivity index (χ2v) is 6.06. The summed E-state index contributed by atoms with van der Waals surface area (Å²) in [6.07, 6.45) is 0.0246. The zero-order valence-corrected chi connectivity index (χ0v) is 12.9. The zero-order valence-electron chi connectivity index (χ0n) is 12.9. The summed E-state index contributed by atoms with van der Waals surface area (Å²) >= 11 is 0. The summed E-state index contributed by atoms with van der Waals surface area (Å²) in [5, 5.41) is 3.47. The van der Waals surface area contributed by atoms with Gasteiger partial charge in [-0.25, -0.2) is 4.39 Å². The topological polar surface area (TPSA) is 21.3 Å². The van der Waals surface area contributed by atoms with E-state index < -0.39 is 0 Å². The van der Waals surface area contributed by atoms with Gasteiger partial charge in [0.15, 0.2) is 0 Å². The molecule has 0 amide bonds. The normalized spacial score (nSPS) is 15.3. The van der Waals surface area contributed by atoms with Crippen molar-refractivity contribution in [3.63, 3.8) is 0 Å². The van der Waals surface area contributed by atoms with Crippen molar-refractivity contribution in [2.45, 2.75) is 46.8 Å². The maximum absolute atomic E-state index is 13.3. The summed E-state index contributed by atoms with van der Waals surface area (Å²) in [6, 6.07) is 5.02. The Kier molecular flexibility index (Phi) is 5.50. The summed E-state index contributed by atoms with van der Waals surface area (Å²) in [4.78, 5) is 0. The Labute approximate surface area is 116 Å². The van der Waals surface area contributed by atoms with Gasteiger partial charge in [-0.05, 0) is 42.1 Å². The van der Waals surface area contributed by atoms with E-state index in [1.54, 1.807) is 13.2 Å². The number of aryl methyl sites for hydroxylation is 1. The Morgan fingerprint density at radius 3 is 2.37 bits per heavy atom. The van der Waals surface area contributed by atoms with E-state index in [4.69, 9.17) is 4.74 Å². The first-order chi connectivity index (χ1) is 8.81. The molecule has 0 spiro atoms. The fourth-order valence-corrected chi connectivity index (χ4v) is 2.58. The third-order valence-electron chi connectivity index (χ3n) is 3.40. The van der Waals surface area contributed by atoms with Crippen LogP contribution in [-0.4, -0.2) is 19.8 Å². The molecule has 1 rings (SSSR count). The second-order valence-electron chi connectivity index (χ2n) is 6.06. The van der Waals surface area contributed by atoms with Crippen LogP contribution in [0, 0.1) is 18.2 Å². The van der Waals surface area contributed by atoms with Crippen molar-refractivity contribution in [2.24, 2.45) is 5.41 Å². The SMILES string of the molecule is CCNC(c1ccc(F)cc1C)C(OC)C(C)(C)C. The van der Waals surface area contributed by atoms with Crippen molar-refractivity contribution in [3.05, 3.63) is 35.1 Å². The average Bonchev–Trinajstić information content (AvgIpc) is 2.27. The van der Waals surface area contributed by atoms with Crippen LogP contribution in [-0.2, 0) is 4.74 Å². The first kappa shape index (κ1) is 16.1. The minimum atomic E-state index is -0.193. The second kappa shape index (κ2) is 6.49. The molecule has 0 aliphatic carbocycles. The first-order valence-electron chi connectivity index (χ1n) is 6.83. The molecule has 0 saturated carbocycles. The number of benzene rings is 1. The lowest BCUT2D eigenvalue weighted by molar-refractivity contribution is -0.0117. The van der Waals surface area contributed by atoms with E-state index >= 15 is 0 Å². The molecule has 0 fully saturated rings. The molecule has 19 heavy (non-hydrogen) atoms. The van der Waals surface area contributed by atoms with Crippen LogP contribution >= 0.6 is 0 Å². The monoisotopic (exact) mass is 267 g/mol. The molecular formula is C16H26FNO. The zero-order chi connectivity index (χ0) is 14.6. The maximum Gasteiger partial charge on any atom is 0.123 e. The van der Waals surface area contributed by atoms with E-state index in [-0.39, 0.29) is 23.4 Å². The molecule has 108 valence electrons. The fraction of sp³-hybridized carbons (Fsp3) is 0.625. The molecule has 0 aromatic heterocycles. The lowest BCUT2D eigenvalue weighted by Crippen LogP contribution is -2.41. The van der Waals surface area contributed by atoms with Crippen LogP contribution in [0.1, 0.15) is 44.9 Å². The number of likely N-dealkylation sites (N-methyl/N-ethyl adjacent to an activating group) is 1. The van der Waals surface area contributed by atoms with E-state index in [2.05, 4.69) is 33.0 Å². The molecule has 0 heterocycles. The first-order valence-corrected chi connectivity index (χ1v) is 6.83. The Morgan fingerprint density at radius 1 is 1.32 bits per heavy atom. The highest BCUT2D eigenvalue weighted by Gasteiger charge is 2.33. The molecule has 0 bridgehead atoms. The molecule has 0 aliphatic heterocycles. The van der Waals surface area contributed by atoms with Crippen molar-refractivity contribution in [3.8, 4) is 0 Å². The highest BCUT2D eigenvalue weighted by atomic mass is 19.1. The van der Waals surface area contributed by atoms with Crippen molar-refractivity contribution in [2.75, 3.05) is 13.7 Å². The number of rotatable bonds is 5. The standard InChI is InChI=1S/C16H26FNO/c1-7-18-14(15(19-6)16(3,4)5)13-9-8-12(17)10-11(13)2/h8-10,14-15,18H,7H2,1-6H3. The van der Waals surface area contributed by atoms with E-state index in [1.807, 2.05) is 13.0 Å².